The van der Waals surface area contributed by atoms with Crippen molar-refractivity contribution in [2.45, 2.75) is 37.9 Å². The van der Waals surface area contributed by atoms with Gasteiger partial charge in [0, 0.05) is 18.8 Å². The maximum atomic E-state index is 12.6. The Kier molecular flexibility index (Phi) is 3.85. The van der Waals surface area contributed by atoms with E-state index in [1.165, 1.54) is 4.31 Å². The summed E-state index contributed by atoms with van der Waals surface area (Å²) in [6, 6.07) is 4.81. The molecule has 0 saturated carbocycles. The zero-order valence-electron chi connectivity index (χ0n) is 11.5. The van der Waals surface area contributed by atoms with Crippen LogP contribution in [0.3, 0.4) is 0 Å². The molecule has 2 N–H and O–H groups in total. The van der Waals surface area contributed by atoms with Gasteiger partial charge in [0.15, 0.2) is 0 Å². The zero-order chi connectivity index (χ0) is 14.2. The van der Waals surface area contributed by atoms with E-state index in [0.29, 0.717) is 23.7 Å². The molecule has 0 aliphatic carbocycles. The molecule has 6 heteroatoms. The number of morpholine rings is 1. The van der Waals surface area contributed by atoms with E-state index in [9.17, 15) is 8.42 Å². The topological polar surface area (TPSA) is 72.6 Å². The van der Waals surface area contributed by atoms with E-state index in [2.05, 4.69) is 0 Å². The van der Waals surface area contributed by atoms with E-state index in [0.717, 1.165) is 5.56 Å². The molecule has 0 bridgehead atoms. The van der Waals surface area contributed by atoms with Crippen LogP contribution in [0.2, 0.25) is 0 Å². The first-order valence-electron chi connectivity index (χ1n) is 6.32. The van der Waals surface area contributed by atoms with Crippen LogP contribution in [0.15, 0.2) is 23.1 Å². The first-order chi connectivity index (χ1) is 8.80. The minimum Gasteiger partial charge on any atom is -0.399 e. The summed E-state index contributed by atoms with van der Waals surface area (Å²) in [6.45, 7) is 6.34. The predicted octanol–water partition coefficient (Wildman–Crippen LogP) is 1.38. The Hall–Kier alpha value is -1.11. The SMILES string of the molecule is Cc1cc(S(=O)(=O)N2C[C@@H](C)O[C@@H](C)C2)ccc1N. The fourth-order valence-electron chi connectivity index (χ4n) is 2.28. The first-order valence-corrected chi connectivity index (χ1v) is 7.76. The molecule has 1 heterocycles. The minimum absolute atomic E-state index is 0.0894. The maximum Gasteiger partial charge on any atom is 0.243 e. The lowest BCUT2D eigenvalue weighted by Crippen LogP contribution is -2.48. The Labute approximate surface area is 114 Å². The Morgan fingerprint density at radius 3 is 2.37 bits per heavy atom. The fraction of sp³-hybridized carbons (Fsp3) is 0.538. The van der Waals surface area contributed by atoms with Gasteiger partial charge in [0.1, 0.15) is 0 Å². The lowest BCUT2D eigenvalue weighted by atomic mass is 10.2. The van der Waals surface area contributed by atoms with Gasteiger partial charge in [-0.3, -0.25) is 0 Å². The van der Waals surface area contributed by atoms with Crippen LogP contribution < -0.4 is 5.73 Å². The van der Waals surface area contributed by atoms with Crippen LogP contribution in [0.1, 0.15) is 19.4 Å². The Morgan fingerprint density at radius 2 is 1.84 bits per heavy atom. The number of aryl methyl sites for hydroxylation is 1. The van der Waals surface area contributed by atoms with Crippen LogP contribution in [0.25, 0.3) is 0 Å². The third kappa shape index (κ3) is 2.91. The van der Waals surface area contributed by atoms with E-state index in [1.807, 2.05) is 13.8 Å². The van der Waals surface area contributed by atoms with Crippen molar-refractivity contribution in [3.63, 3.8) is 0 Å². The lowest BCUT2D eigenvalue weighted by Gasteiger charge is -2.34. The Bertz CT molecular complexity index is 561. The second-order valence-corrected chi connectivity index (χ2v) is 7.04. The molecule has 19 heavy (non-hydrogen) atoms. The molecular formula is C13H20N2O3S. The lowest BCUT2D eigenvalue weighted by molar-refractivity contribution is -0.0440. The molecule has 2 rings (SSSR count). The van der Waals surface area contributed by atoms with Crippen molar-refractivity contribution in [3.05, 3.63) is 23.8 Å². The maximum absolute atomic E-state index is 12.6. The number of nitrogen functional groups attached to an aromatic ring is 1. The fourth-order valence-corrected chi connectivity index (χ4v) is 3.96. The van der Waals surface area contributed by atoms with Gasteiger partial charge in [0.2, 0.25) is 10.0 Å². The first kappa shape index (κ1) is 14.3. The molecule has 1 saturated heterocycles. The average Bonchev–Trinajstić information content (AvgIpc) is 2.31. The molecule has 1 fully saturated rings. The molecule has 5 nitrogen and oxygen atoms in total. The number of hydrogen-bond acceptors (Lipinski definition) is 4. The van der Waals surface area contributed by atoms with Crippen molar-refractivity contribution in [3.8, 4) is 0 Å². The van der Waals surface area contributed by atoms with Crippen LogP contribution in [0, 0.1) is 6.92 Å². The monoisotopic (exact) mass is 284 g/mol. The van der Waals surface area contributed by atoms with E-state index in [1.54, 1.807) is 25.1 Å². The quantitative estimate of drug-likeness (QED) is 0.833. The summed E-state index contributed by atoms with van der Waals surface area (Å²) in [5.74, 6) is 0. The van der Waals surface area contributed by atoms with Gasteiger partial charge in [-0.2, -0.15) is 4.31 Å². The number of hydrogen-bond donors (Lipinski definition) is 1. The molecular weight excluding hydrogens is 264 g/mol. The van der Waals surface area contributed by atoms with Gasteiger partial charge < -0.3 is 10.5 Å². The summed E-state index contributed by atoms with van der Waals surface area (Å²) in [5, 5.41) is 0. The Morgan fingerprint density at radius 1 is 1.26 bits per heavy atom. The molecule has 1 aliphatic rings. The van der Waals surface area contributed by atoms with Crippen LogP contribution in [0.4, 0.5) is 5.69 Å². The highest BCUT2D eigenvalue weighted by Crippen LogP contribution is 2.23. The van der Waals surface area contributed by atoms with Crippen LogP contribution in [-0.2, 0) is 14.8 Å². The molecule has 1 aromatic rings. The summed E-state index contributed by atoms with van der Waals surface area (Å²) < 4.78 is 32.2. The predicted molar refractivity (Wildman–Crippen MR) is 74.4 cm³/mol. The van der Waals surface area contributed by atoms with Crippen molar-refractivity contribution in [2.75, 3.05) is 18.8 Å². The molecule has 0 spiro atoms. The summed E-state index contributed by atoms with van der Waals surface area (Å²) in [4.78, 5) is 0.292. The van der Waals surface area contributed by atoms with Gasteiger partial charge in [0.25, 0.3) is 0 Å². The summed E-state index contributed by atoms with van der Waals surface area (Å²) in [6.07, 6.45) is -0.179. The van der Waals surface area contributed by atoms with Gasteiger partial charge in [0.05, 0.1) is 17.1 Å². The van der Waals surface area contributed by atoms with Crippen LogP contribution in [-0.4, -0.2) is 38.0 Å². The summed E-state index contributed by atoms with van der Waals surface area (Å²) >= 11 is 0. The summed E-state index contributed by atoms with van der Waals surface area (Å²) in [7, 11) is -3.47. The van der Waals surface area contributed by atoms with E-state index in [4.69, 9.17) is 10.5 Å². The highest BCUT2D eigenvalue weighted by atomic mass is 32.2. The number of nitrogens with zero attached hydrogens (tertiary/aromatic N) is 1. The zero-order valence-corrected chi connectivity index (χ0v) is 12.3. The van der Waals surface area contributed by atoms with E-state index >= 15 is 0 Å². The molecule has 0 unspecified atom stereocenters. The van der Waals surface area contributed by atoms with Crippen LogP contribution in [0.5, 0.6) is 0 Å². The van der Waals surface area contributed by atoms with Gasteiger partial charge in [-0.05, 0) is 44.5 Å². The standard InChI is InChI=1S/C13H20N2O3S/c1-9-6-12(4-5-13(9)14)19(16,17)15-7-10(2)18-11(3)8-15/h4-6,10-11H,7-8,14H2,1-3H3/t10-,11+. The smallest absolute Gasteiger partial charge is 0.243 e. The second-order valence-electron chi connectivity index (χ2n) is 5.10. The summed E-state index contributed by atoms with van der Waals surface area (Å²) in [5.41, 5.74) is 7.10. The van der Waals surface area contributed by atoms with Crippen molar-refractivity contribution >= 4 is 15.7 Å². The number of benzene rings is 1. The van der Waals surface area contributed by atoms with Crippen molar-refractivity contribution in [1.29, 1.82) is 0 Å². The normalized spacial score (nSPS) is 25.4. The van der Waals surface area contributed by atoms with Gasteiger partial charge >= 0.3 is 0 Å². The van der Waals surface area contributed by atoms with Gasteiger partial charge in [-0.25, -0.2) is 8.42 Å². The van der Waals surface area contributed by atoms with Crippen molar-refractivity contribution in [2.24, 2.45) is 0 Å². The number of rotatable bonds is 2. The molecule has 0 radical (unpaired) electrons. The highest BCUT2D eigenvalue weighted by molar-refractivity contribution is 7.89. The number of sulfonamides is 1. The largest absolute Gasteiger partial charge is 0.399 e. The highest BCUT2D eigenvalue weighted by Gasteiger charge is 2.32. The molecule has 0 amide bonds. The van der Waals surface area contributed by atoms with Gasteiger partial charge in [-0.1, -0.05) is 0 Å². The minimum atomic E-state index is -3.47. The third-order valence-corrected chi connectivity index (χ3v) is 5.09. The van der Waals surface area contributed by atoms with Crippen molar-refractivity contribution in [1.82, 2.24) is 4.31 Å². The Balaban J connectivity index is 2.33. The van der Waals surface area contributed by atoms with E-state index in [-0.39, 0.29) is 12.2 Å². The number of anilines is 1. The molecule has 0 aromatic heterocycles. The van der Waals surface area contributed by atoms with Crippen LogP contribution >= 0.6 is 0 Å². The van der Waals surface area contributed by atoms with E-state index < -0.39 is 10.0 Å². The molecule has 1 aliphatic heterocycles. The molecule has 1 aromatic carbocycles. The number of nitrogens with two attached hydrogens (primary N) is 1. The average molecular weight is 284 g/mol. The van der Waals surface area contributed by atoms with Gasteiger partial charge in [-0.15, -0.1) is 0 Å². The number of ether oxygens (including phenoxy) is 1. The molecule has 106 valence electrons. The van der Waals surface area contributed by atoms with Crippen molar-refractivity contribution < 1.29 is 13.2 Å². The third-order valence-electron chi connectivity index (χ3n) is 3.27. The molecule has 2 atom stereocenters. The second kappa shape index (κ2) is 5.11.